The average molecular weight is 582 g/mol. The fourth-order valence-electron chi connectivity index (χ4n) is 4.32. The number of nitrogens with zero attached hydrogens (tertiary/aromatic N) is 3. The third kappa shape index (κ3) is 7.19. The zero-order valence-electron chi connectivity index (χ0n) is 20.8. The number of hydrogen-bond acceptors (Lipinski definition) is 8. The molecule has 202 valence electrons. The van der Waals surface area contributed by atoms with Gasteiger partial charge in [-0.1, -0.05) is 23.2 Å². The van der Waals surface area contributed by atoms with Crippen LogP contribution in [0.4, 0.5) is 4.39 Å². The van der Waals surface area contributed by atoms with Crippen LogP contribution in [0, 0.1) is 11.7 Å². The monoisotopic (exact) mass is 581 g/mol. The predicted molar refractivity (Wildman–Crippen MR) is 142 cm³/mol. The molecule has 0 aliphatic carbocycles. The first-order valence-electron chi connectivity index (χ1n) is 11.8. The van der Waals surface area contributed by atoms with E-state index in [9.17, 15) is 13.2 Å². The molecule has 0 saturated carbocycles. The standard InChI is InChI=1S/C26H26Cl2FN3O5S/c1-36-24(33)7-16-3-5-32(6-4-16)15-19-8-17(18-9-20(27)12-21(28)10-18)11-23(25(19)29)37-22-13-30-26(31-14-22)38(2,34)35/h8-14,16H,3-7,15H2,1-2H3. The number of hydrogen-bond donors (Lipinski definition) is 0. The van der Waals surface area contributed by atoms with Crippen molar-refractivity contribution in [3.8, 4) is 22.6 Å². The Bertz CT molecular complexity index is 1410. The van der Waals surface area contributed by atoms with Gasteiger partial charge in [0.05, 0.1) is 19.5 Å². The van der Waals surface area contributed by atoms with Crippen molar-refractivity contribution in [2.24, 2.45) is 5.92 Å². The Hall–Kier alpha value is -2.79. The molecule has 0 bridgehead atoms. The molecular formula is C26H26Cl2FN3O5S. The molecule has 0 amide bonds. The number of sulfone groups is 1. The molecule has 1 saturated heterocycles. The smallest absolute Gasteiger partial charge is 0.305 e. The molecule has 1 fully saturated rings. The molecule has 12 heteroatoms. The lowest BCUT2D eigenvalue weighted by molar-refractivity contribution is -0.142. The molecule has 2 aromatic carbocycles. The van der Waals surface area contributed by atoms with Crippen LogP contribution in [-0.2, 0) is 25.9 Å². The van der Waals surface area contributed by atoms with Crippen LogP contribution in [0.5, 0.6) is 11.5 Å². The van der Waals surface area contributed by atoms with Gasteiger partial charge in [-0.2, -0.15) is 0 Å². The molecule has 8 nitrogen and oxygen atoms in total. The van der Waals surface area contributed by atoms with Crippen molar-refractivity contribution in [3.63, 3.8) is 0 Å². The van der Waals surface area contributed by atoms with E-state index in [1.807, 2.05) is 0 Å². The maximum absolute atomic E-state index is 15.7. The van der Waals surface area contributed by atoms with Gasteiger partial charge in [-0.05, 0) is 73.3 Å². The van der Waals surface area contributed by atoms with Crippen LogP contribution >= 0.6 is 23.2 Å². The molecular weight excluding hydrogens is 556 g/mol. The van der Waals surface area contributed by atoms with Gasteiger partial charge in [-0.3, -0.25) is 9.69 Å². The van der Waals surface area contributed by atoms with Crippen molar-refractivity contribution in [2.45, 2.75) is 31.0 Å². The Morgan fingerprint density at radius 2 is 1.66 bits per heavy atom. The second-order valence-electron chi connectivity index (χ2n) is 9.18. The number of piperidine rings is 1. The van der Waals surface area contributed by atoms with E-state index >= 15 is 4.39 Å². The molecule has 2 heterocycles. The molecule has 3 aromatic rings. The van der Waals surface area contributed by atoms with Gasteiger partial charge in [0.15, 0.2) is 17.3 Å². The number of likely N-dealkylation sites (tertiary alicyclic amines) is 1. The van der Waals surface area contributed by atoms with Crippen molar-refractivity contribution < 1.29 is 27.1 Å². The topological polar surface area (TPSA) is 98.7 Å². The summed E-state index contributed by atoms with van der Waals surface area (Å²) in [7, 11) is -2.21. The Labute approximate surface area is 230 Å². The minimum Gasteiger partial charge on any atom is -0.469 e. The number of rotatable bonds is 8. The van der Waals surface area contributed by atoms with E-state index in [-0.39, 0.29) is 28.5 Å². The number of halogens is 3. The minimum absolute atomic E-state index is 0.0761. The maximum atomic E-state index is 15.7. The first kappa shape index (κ1) is 28.2. The zero-order chi connectivity index (χ0) is 27.4. The van der Waals surface area contributed by atoms with E-state index in [1.54, 1.807) is 24.3 Å². The van der Waals surface area contributed by atoms with Crippen molar-refractivity contribution in [3.05, 3.63) is 64.2 Å². The SMILES string of the molecule is COC(=O)CC1CCN(Cc2cc(-c3cc(Cl)cc(Cl)c3)cc(Oc3cnc(S(C)(=O)=O)nc3)c2F)CC1. The van der Waals surface area contributed by atoms with Crippen molar-refractivity contribution >= 4 is 39.0 Å². The van der Waals surface area contributed by atoms with Crippen LogP contribution in [0.3, 0.4) is 0 Å². The lowest BCUT2D eigenvalue weighted by atomic mass is 9.93. The fourth-order valence-corrected chi connectivity index (χ4v) is 5.33. The molecule has 0 spiro atoms. The summed E-state index contributed by atoms with van der Waals surface area (Å²) in [5.74, 6) is -0.558. The van der Waals surface area contributed by atoms with E-state index in [0.717, 1.165) is 19.1 Å². The van der Waals surface area contributed by atoms with Crippen LogP contribution in [0.1, 0.15) is 24.8 Å². The molecule has 1 aliphatic heterocycles. The van der Waals surface area contributed by atoms with E-state index in [4.69, 9.17) is 32.7 Å². The molecule has 1 aromatic heterocycles. The molecule has 1 aliphatic rings. The number of carbonyl (C=O) groups excluding carboxylic acids is 1. The van der Waals surface area contributed by atoms with Crippen LogP contribution in [0.2, 0.25) is 10.0 Å². The van der Waals surface area contributed by atoms with Gasteiger partial charge in [-0.15, -0.1) is 0 Å². The summed E-state index contributed by atoms with van der Waals surface area (Å²) in [6.07, 6.45) is 5.32. The Kier molecular flexibility index (Phi) is 8.87. The van der Waals surface area contributed by atoms with E-state index in [1.165, 1.54) is 25.6 Å². The van der Waals surface area contributed by atoms with Crippen molar-refractivity contribution in [1.82, 2.24) is 14.9 Å². The summed E-state index contributed by atoms with van der Waals surface area (Å²) in [4.78, 5) is 21.3. The lowest BCUT2D eigenvalue weighted by Gasteiger charge is -2.31. The van der Waals surface area contributed by atoms with Crippen LogP contribution in [0.15, 0.2) is 47.9 Å². The fraction of sp³-hybridized carbons (Fsp3) is 0.346. The molecule has 38 heavy (non-hydrogen) atoms. The van der Waals surface area contributed by atoms with E-state index in [0.29, 0.717) is 52.8 Å². The summed E-state index contributed by atoms with van der Waals surface area (Å²) >= 11 is 12.4. The van der Waals surface area contributed by atoms with Gasteiger partial charge in [0, 0.05) is 34.8 Å². The van der Waals surface area contributed by atoms with E-state index < -0.39 is 15.7 Å². The normalized spacial score (nSPS) is 14.9. The van der Waals surface area contributed by atoms with E-state index in [2.05, 4.69) is 14.9 Å². The Morgan fingerprint density at radius 1 is 1.05 bits per heavy atom. The number of ether oxygens (including phenoxy) is 2. The Balaban J connectivity index is 1.63. The summed E-state index contributed by atoms with van der Waals surface area (Å²) in [5, 5.41) is 0.500. The molecule has 4 rings (SSSR count). The molecule has 0 atom stereocenters. The van der Waals surface area contributed by atoms with Crippen LogP contribution in [0.25, 0.3) is 11.1 Å². The first-order valence-corrected chi connectivity index (χ1v) is 14.4. The van der Waals surface area contributed by atoms with Crippen LogP contribution < -0.4 is 4.74 Å². The van der Waals surface area contributed by atoms with Gasteiger partial charge < -0.3 is 9.47 Å². The van der Waals surface area contributed by atoms with Gasteiger partial charge in [-0.25, -0.2) is 22.8 Å². The zero-order valence-corrected chi connectivity index (χ0v) is 23.1. The Morgan fingerprint density at radius 3 is 2.24 bits per heavy atom. The maximum Gasteiger partial charge on any atom is 0.305 e. The number of carbonyl (C=O) groups is 1. The second-order valence-corrected chi connectivity index (χ2v) is 12.0. The summed E-state index contributed by atoms with van der Waals surface area (Å²) in [6.45, 7) is 1.72. The third-order valence-electron chi connectivity index (χ3n) is 6.26. The molecule has 0 radical (unpaired) electrons. The molecule has 0 unspecified atom stereocenters. The largest absolute Gasteiger partial charge is 0.469 e. The quantitative estimate of drug-likeness (QED) is 0.252. The van der Waals surface area contributed by atoms with Gasteiger partial charge in [0.2, 0.25) is 15.0 Å². The second kappa shape index (κ2) is 11.9. The summed E-state index contributed by atoms with van der Waals surface area (Å²) in [5.41, 5.74) is 1.71. The summed E-state index contributed by atoms with van der Waals surface area (Å²) < 4.78 is 49.6. The minimum atomic E-state index is -3.60. The van der Waals surface area contributed by atoms with Gasteiger partial charge >= 0.3 is 5.97 Å². The van der Waals surface area contributed by atoms with Crippen LogP contribution in [-0.4, -0.2) is 55.7 Å². The third-order valence-corrected chi connectivity index (χ3v) is 7.57. The van der Waals surface area contributed by atoms with Crippen molar-refractivity contribution in [2.75, 3.05) is 26.5 Å². The lowest BCUT2D eigenvalue weighted by Crippen LogP contribution is -2.34. The number of esters is 1. The highest BCUT2D eigenvalue weighted by atomic mass is 35.5. The van der Waals surface area contributed by atoms with Gasteiger partial charge in [0.1, 0.15) is 0 Å². The number of aromatic nitrogens is 2. The van der Waals surface area contributed by atoms with Crippen molar-refractivity contribution in [1.29, 1.82) is 0 Å². The highest BCUT2D eigenvalue weighted by Gasteiger charge is 2.24. The first-order chi connectivity index (χ1) is 18.0. The highest BCUT2D eigenvalue weighted by Crippen LogP contribution is 2.35. The number of benzene rings is 2. The number of methoxy groups -OCH3 is 1. The van der Waals surface area contributed by atoms with Gasteiger partial charge in [0.25, 0.3) is 0 Å². The average Bonchev–Trinajstić information content (AvgIpc) is 2.86. The predicted octanol–water partition coefficient (Wildman–Crippen LogP) is 5.56. The molecule has 0 N–H and O–H groups in total. The highest BCUT2D eigenvalue weighted by molar-refractivity contribution is 7.90. The summed E-state index contributed by atoms with van der Waals surface area (Å²) in [6, 6.07) is 8.29.